The largest absolute Gasteiger partial charge is 0.465 e. The van der Waals surface area contributed by atoms with E-state index in [0.717, 1.165) is 24.6 Å². The Morgan fingerprint density at radius 2 is 2.05 bits per heavy atom. The second kappa shape index (κ2) is 7.84. The van der Waals surface area contributed by atoms with Crippen molar-refractivity contribution in [2.24, 2.45) is 0 Å². The molecule has 19 heavy (non-hydrogen) atoms. The molecule has 0 aliphatic rings. The van der Waals surface area contributed by atoms with E-state index in [1.165, 1.54) is 0 Å². The van der Waals surface area contributed by atoms with E-state index in [1.807, 2.05) is 6.92 Å². The van der Waals surface area contributed by atoms with Crippen molar-refractivity contribution in [2.45, 2.75) is 26.8 Å². The molecule has 3 nitrogen and oxygen atoms in total. The molecule has 0 saturated heterocycles. The Morgan fingerprint density at radius 3 is 2.68 bits per heavy atom. The van der Waals surface area contributed by atoms with E-state index in [1.54, 1.807) is 11.8 Å². The van der Waals surface area contributed by atoms with E-state index < -0.39 is 11.6 Å². The van der Waals surface area contributed by atoms with Crippen LogP contribution in [0.3, 0.4) is 0 Å². The Kier molecular flexibility index (Phi) is 6.42. The van der Waals surface area contributed by atoms with Gasteiger partial charge in [-0.05, 0) is 38.1 Å². The van der Waals surface area contributed by atoms with E-state index in [9.17, 15) is 13.6 Å². The fourth-order valence-electron chi connectivity index (χ4n) is 1.82. The molecule has 0 amide bonds. The molecule has 0 aromatic heterocycles. The van der Waals surface area contributed by atoms with Crippen LogP contribution in [0.1, 0.15) is 25.8 Å². The number of halogens is 2. The molecule has 0 aliphatic heterocycles. The van der Waals surface area contributed by atoms with Gasteiger partial charge in [-0.1, -0.05) is 6.92 Å². The first-order chi connectivity index (χ1) is 9.06. The van der Waals surface area contributed by atoms with Crippen LogP contribution in [0, 0.1) is 11.6 Å². The molecule has 1 aromatic rings. The van der Waals surface area contributed by atoms with Gasteiger partial charge in [0.15, 0.2) is 0 Å². The monoisotopic (exact) mass is 271 g/mol. The predicted molar refractivity (Wildman–Crippen MR) is 68.6 cm³/mol. The van der Waals surface area contributed by atoms with Gasteiger partial charge in [0.05, 0.1) is 13.2 Å². The molecule has 0 aliphatic carbocycles. The number of rotatable bonds is 7. The quantitative estimate of drug-likeness (QED) is 0.714. The predicted octanol–water partition coefficient (Wildman–Crippen LogP) is 2.74. The molecule has 5 heteroatoms. The van der Waals surface area contributed by atoms with Crippen LogP contribution in [0.15, 0.2) is 18.2 Å². The van der Waals surface area contributed by atoms with Crippen molar-refractivity contribution in [3.8, 4) is 0 Å². The first-order valence-corrected chi connectivity index (χ1v) is 6.38. The van der Waals surface area contributed by atoms with Crippen LogP contribution in [-0.4, -0.2) is 30.6 Å². The summed E-state index contributed by atoms with van der Waals surface area (Å²) in [7, 11) is 0. The third-order valence-corrected chi connectivity index (χ3v) is 2.60. The van der Waals surface area contributed by atoms with Crippen LogP contribution in [0.2, 0.25) is 0 Å². The number of hydrogen-bond donors (Lipinski definition) is 0. The maximum atomic E-state index is 13.5. The number of carbonyl (C=O) groups excluding carboxylic acids is 1. The summed E-state index contributed by atoms with van der Waals surface area (Å²) in [4.78, 5) is 13.2. The van der Waals surface area contributed by atoms with Crippen LogP contribution in [-0.2, 0) is 16.1 Å². The molecular weight excluding hydrogens is 252 g/mol. The smallest absolute Gasteiger partial charge is 0.320 e. The SMILES string of the molecule is CCCN(CC(=O)OCC)Cc1cc(F)ccc1F. The van der Waals surface area contributed by atoms with Crippen molar-refractivity contribution < 1.29 is 18.3 Å². The first-order valence-electron chi connectivity index (χ1n) is 6.38. The minimum absolute atomic E-state index is 0.0810. The summed E-state index contributed by atoms with van der Waals surface area (Å²) in [6, 6.07) is 3.33. The Hall–Kier alpha value is -1.49. The van der Waals surface area contributed by atoms with Crippen molar-refractivity contribution in [2.75, 3.05) is 19.7 Å². The van der Waals surface area contributed by atoms with Crippen LogP contribution in [0.4, 0.5) is 8.78 Å². The lowest BCUT2D eigenvalue weighted by Gasteiger charge is -2.20. The zero-order chi connectivity index (χ0) is 14.3. The highest BCUT2D eigenvalue weighted by molar-refractivity contribution is 5.71. The van der Waals surface area contributed by atoms with E-state index in [-0.39, 0.29) is 24.6 Å². The highest BCUT2D eigenvalue weighted by Gasteiger charge is 2.14. The van der Waals surface area contributed by atoms with Gasteiger partial charge in [0.25, 0.3) is 0 Å². The molecule has 0 atom stereocenters. The van der Waals surface area contributed by atoms with Crippen molar-refractivity contribution in [3.63, 3.8) is 0 Å². The summed E-state index contributed by atoms with van der Waals surface area (Å²) < 4.78 is 31.5. The number of carbonyl (C=O) groups is 1. The summed E-state index contributed by atoms with van der Waals surface area (Å²) >= 11 is 0. The van der Waals surface area contributed by atoms with Gasteiger partial charge in [-0.2, -0.15) is 0 Å². The molecule has 1 aromatic carbocycles. The molecule has 0 radical (unpaired) electrons. The molecule has 0 spiro atoms. The topological polar surface area (TPSA) is 29.5 Å². The van der Waals surface area contributed by atoms with E-state index in [2.05, 4.69) is 0 Å². The number of nitrogens with zero attached hydrogens (tertiary/aromatic N) is 1. The van der Waals surface area contributed by atoms with Crippen LogP contribution in [0.25, 0.3) is 0 Å². The lowest BCUT2D eigenvalue weighted by Crippen LogP contribution is -2.31. The third kappa shape index (κ3) is 5.34. The highest BCUT2D eigenvalue weighted by Crippen LogP contribution is 2.12. The molecule has 0 saturated carbocycles. The summed E-state index contributed by atoms with van der Waals surface area (Å²) in [5.74, 6) is -1.30. The molecule has 0 unspecified atom stereocenters. The Morgan fingerprint density at radius 1 is 1.32 bits per heavy atom. The molecule has 106 valence electrons. The van der Waals surface area contributed by atoms with Gasteiger partial charge in [0, 0.05) is 12.1 Å². The van der Waals surface area contributed by atoms with Crippen LogP contribution < -0.4 is 0 Å². The Bertz CT molecular complexity index is 424. The standard InChI is InChI=1S/C14H19F2NO2/c1-3-7-17(10-14(18)19-4-2)9-11-8-12(15)5-6-13(11)16/h5-6,8H,3-4,7,9-10H2,1-2H3. The number of benzene rings is 1. The van der Waals surface area contributed by atoms with Gasteiger partial charge < -0.3 is 4.74 Å². The van der Waals surface area contributed by atoms with Gasteiger partial charge in [-0.3, -0.25) is 9.69 Å². The molecule has 1 rings (SSSR count). The van der Waals surface area contributed by atoms with E-state index in [0.29, 0.717) is 13.2 Å². The van der Waals surface area contributed by atoms with Crippen molar-refractivity contribution in [3.05, 3.63) is 35.4 Å². The summed E-state index contributed by atoms with van der Waals surface area (Å²) in [6.07, 6.45) is 0.816. The van der Waals surface area contributed by atoms with Gasteiger partial charge in [0.2, 0.25) is 0 Å². The average molecular weight is 271 g/mol. The number of esters is 1. The lowest BCUT2D eigenvalue weighted by atomic mass is 10.2. The maximum absolute atomic E-state index is 13.5. The minimum Gasteiger partial charge on any atom is -0.465 e. The second-order valence-corrected chi connectivity index (χ2v) is 4.25. The molecule has 0 heterocycles. The highest BCUT2D eigenvalue weighted by atomic mass is 19.1. The number of ether oxygens (including phenoxy) is 1. The minimum atomic E-state index is -0.482. The van der Waals surface area contributed by atoms with Crippen molar-refractivity contribution >= 4 is 5.97 Å². The lowest BCUT2D eigenvalue weighted by molar-refractivity contribution is -0.144. The Balaban J connectivity index is 2.71. The fourth-order valence-corrected chi connectivity index (χ4v) is 1.82. The van der Waals surface area contributed by atoms with E-state index >= 15 is 0 Å². The maximum Gasteiger partial charge on any atom is 0.320 e. The third-order valence-electron chi connectivity index (χ3n) is 2.60. The first kappa shape index (κ1) is 15.6. The van der Waals surface area contributed by atoms with Gasteiger partial charge in [-0.15, -0.1) is 0 Å². The van der Waals surface area contributed by atoms with E-state index in [4.69, 9.17) is 4.74 Å². The second-order valence-electron chi connectivity index (χ2n) is 4.25. The molecular formula is C14H19F2NO2. The Labute approximate surface area is 112 Å². The molecule has 0 fully saturated rings. The van der Waals surface area contributed by atoms with Crippen molar-refractivity contribution in [1.82, 2.24) is 4.90 Å². The molecule has 0 N–H and O–H groups in total. The van der Waals surface area contributed by atoms with Gasteiger partial charge >= 0.3 is 5.97 Å². The van der Waals surface area contributed by atoms with Crippen LogP contribution in [0.5, 0.6) is 0 Å². The zero-order valence-electron chi connectivity index (χ0n) is 11.3. The zero-order valence-corrected chi connectivity index (χ0v) is 11.3. The number of hydrogen-bond acceptors (Lipinski definition) is 3. The summed E-state index contributed by atoms with van der Waals surface area (Å²) in [5, 5.41) is 0. The van der Waals surface area contributed by atoms with Gasteiger partial charge in [-0.25, -0.2) is 8.78 Å². The average Bonchev–Trinajstić information content (AvgIpc) is 2.34. The van der Waals surface area contributed by atoms with Gasteiger partial charge in [0.1, 0.15) is 11.6 Å². The normalized spacial score (nSPS) is 10.8. The summed E-state index contributed by atoms with van der Waals surface area (Å²) in [6.45, 7) is 4.89. The molecule has 0 bridgehead atoms. The fraction of sp³-hybridized carbons (Fsp3) is 0.500. The van der Waals surface area contributed by atoms with Crippen LogP contribution >= 0.6 is 0 Å². The summed E-state index contributed by atoms with van der Waals surface area (Å²) in [5.41, 5.74) is 0.248. The van der Waals surface area contributed by atoms with Crippen molar-refractivity contribution in [1.29, 1.82) is 0 Å².